The number of hydrogen-bond donors (Lipinski definition) is 0. The second-order valence-electron chi connectivity index (χ2n) is 7.07. The second kappa shape index (κ2) is 8.64. The lowest BCUT2D eigenvalue weighted by molar-refractivity contribution is 0.466. The summed E-state index contributed by atoms with van der Waals surface area (Å²) in [6.45, 7) is 6.00. The van der Waals surface area contributed by atoms with E-state index in [0.29, 0.717) is 17.4 Å². The Kier molecular flexibility index (Phi) is 6.03. The van der Waals surface area contributed by atoms with Crippen LogP contribution in [0.2, 0.25) is 0 Å². The van der Waals surface area contributed by atoms with Crippen LogP contribution in [0.25, 0.3) is 5.70 Å². The highest BCUT2D eigenvalue weighted by Crippen LogP contribution is 2.34. The third kappa shape index (κ3) is 4.43. The van der Waals surface area contributed by atoms with Gasteiger partial charge in [0.15, 0.2) is 0 Å². The predicted molar refractivity (Wildman–Crippen MR) is 109 cm³/mol. The summed E-state index contributed by atoms with van der Waals surface area (Å²) in [5, 5.41) is 9.18. The van der Waals surface area contributed by atoms with Crippen LogP contribution in [0.1, 0.15) is 68.0 Å². The first-order valence-corrected chi connectivity index (χ1v) is 9.44. The molecule has 1 atom stereocenters. The summed E-state index contributed by atoms with van der Waals surface area (Å²) in [5.74, 6) is 1.91. The molecule has 1 heterocycles. The zero-order valence-corrected chi connectivity index (χ0v) is 16.2. The first-order valence-electron chi connectivity index (χ1n) is 9.44. The van der Waals surface area contributed by atoms with Gasteiger partial charge in [-0.05, 0) is 75.3 Å². The minimum atomic E-state index is 0.349. The van der Waals surface area contributed by atoms with Crippen molar-refractivity contribution in [2.24, 2.45) is 4.99 Å². The van der Waals surface area contributed by atoms with Crippen molar-refractivity contribution in [3.05, 3.63) is 70.5 Å². The molecule has 27 heavy (non-hydrogen) atoms. The fraction of sp³-hybridized carbons (Fsp3) is 0.348. The SMILES string of the molecule is C/C=C\C=NC(=C(C)C)c1nc2c(o1)CC(c1cccc(C#N)c1)CCC2. The van der Waals surface area contributed by atoms with E-state index in [0.717, 1.165) is 48.4 Å². The van der Waals surface area contributed by atoms with Crippen molar-refractivity contribution in [3.8, 4) is 6.07 Å². The van der Waals surface area contributed by atoms with Crippen molar-refractivity contribution in [1.82, 2.24) is 4.98 Å². The van der Waals surface area contributed by atoms with Gasteiger partial charge in [-0.2, -0.15) is 5.26 Å². The maximum absolute atomic E-state index is 9.18. The van der Waals surface area contributed by atoms with Crippen LogP contribution in [0.15, 0.2) is 51.4 Å². The van der Waals surface area contributed by atoms with Crippen molar-refractivity contribution < 1.29 is 4.42 Å². The minimum absolute atomic E-state index is 0.349. The molecule has 0 bridgehead atoms. The van der Waals surface area contributed by atoms with Gasteiger partial charge in [0.25, 0.3) is 0 Å². The Balaban J connectivity index is 1.90. The minimum Gasteiger partial charge on any atom is -0.440 e. The van der Waals surface area contributed by atoms with Crippen molar-refractivity contribution in [2.75, 3.05) is 0 Å². The van der Waals surface area contributed by atoms with Gasteiger partial charge in [-0.1, -0.05) is 18.2 Å². The lowest BCUT2D eigenvalue weighted by Crippen LogP contribution is -2.01. The predicted octanol–water partition coefficient (Wildman–Crippen LogP) is 5.61. The van der Waals surface area contributed by atoms with Crippen molar-refractivity contribution in [2.45, 2.75) is 52.4 Å². The van der Waals surface area contributed by atoms with Crippen molar-refractivity contribution in [3.63, 3.8) is 0 Å². The lowest BCUT2D eigenvalue weighted by Gasteiger charge is -2.14. The van der Waals surface area contributed by atoms with E-state index in [2.05, 4.69) is 17.1 Å². The number of fused-ring (bicyclic) bond motifs is 1. The highest BCUT2D eigenvalue weighted by Gasteiger charge is 2.24. The van der Waals surface area contributed by atoms with Gasteiger partial charge in [0.05, 0.1) is 17.3 Å². The molecule has 0 saturated heterocycles. The number of nitrogens with zero attached hydrogens (tertiary/aromatic N) is 3. The van der Waals surface area contributed by atoms with E-state index in [1.54, 1.807) is 6.21 Å². The molecule has 1 aliphatic rings. The third-order valence-corrected chi connectivity index (χ3v) is 4.82. The average molecular weight is 359 g/mol. The number of oxazole rings is 1. The molecule has 0 radical (unpaired) electrons. The monoisotopic (exact) mass is 359 g/mol. The summed E-state index contributed by atoms with van der Waals surface area (Å²) in [6, 6.07) is 10.1. The first-order chi connectivity index (χ1) is 13.1. The molecule has 0 spiro atoms. The Labute approximate surface area is 161 Å². The molecule has 1 aliphatic carbocycles. The fourth-order valence-corrected chi connectivity index (χ4v) is 3.43. The van der Waals surface area contributed by atoms with Crippen LogP contribution in [0.5, 0.6) is 0 Å². The number of aromatic nitrogens is 1. The molecule has 2 aromatic rings. The molecule has 4 nitrogen and oxygen atoms in total. The number of hydrogen-bond acceptors (Lipinski definition) is 4. The van der Waals surface area contributed by atoms with Crippen LogP contribution in [0.4, 0.5) is 0 Å². The second-order valence-corrected chi connectivity index (χ2v) is 7.07. The van der Waals surface area contributed by atoms with Crippen molar-refractivity contribution >= 4 is 11.9 Å². The average Bonchev–Trinajstić information content (AvgIpc) is 2.95. The number of aliphatic imine (C=N–C) groups is 1. The molecule has 0 aliphatic heterocycles. The van der Waals surface area contributed by atoms with Gasteiger partial charge in [0, 0.05) is 12.6 Å². The van der Waals surface area contributed by atoms with Gasteiger partial charge in [0.1, 0.15) is 11.5 Å². The van der Waals surface area contributed by atoms with Crippen LogP contribution in [-0.4, -0.2) is 11.2 Å². The third-order valence-electron chi connectivity index (χ3n) is 4.82. The fourth-order valence-electron chi connectivity index (χ4n) is 3.43. The highest BCUT2D eigenvalue weighted by atomic mass is 16.4. The summed E-state index contributed by atoms with van der Waals surface area (Å²) >= 11 is 0. The molecular weight excluding hydrogens is 334 g/mol. The van der Waals surface area contributed by atoms with Gasteiger partial charge in [-0.3, -0.25) is 4.99 Å². The molecule has 0 amide bonds. The Morgan fingerprint density at radius 3 is 2.96 bits per heavy atom. The van der Waals surface area contributed by atoms with Gasteiger partial charge < -0.3 is 4.42 Å². The maximum atomic E-state index is 9.18. The molecule has 138 valence electrons. The van der Waals surface area contributed by atoms with Gasteiger partial charge >= 0.3 is 0 Å². The number of allylic oxidation sites excluding steroid dienone is 3. The quantitative estimate of drug-likeness (QED) is 0.527. The lowest BCUT2D eigenvalue weighted by atomic mass is 9.91. The molecule has 0 saturated carbocycles. The van der Waals surface area contributed by atoms with E-state index in [1.165, 1.54) is 5.56 Å². The zero-order chi connectivity index (χ0) is 19.2. The smallest absolute Gasteiger partial charge is 0.245 e. The zero-order valence-electron chi connectivity index (χ0n) is 16.2. The summed E-state index contributed by atoms with van der Waals surface area (Å²) in [5.41, 5.74) is 4.83. The summed E-state index contributed by atoms with van der Waals surface area (Å²) in [6.07, 6.45) is 9.48. The van der Waals surface area contributed by atoms with Crippen LogP contribution in [0, 0.1) is 11.3 Å². The van der Waals surface area contributed by atoms with E-state index in [9.17, 15) is 5.26 Å². The first kappa shape index (κ1) is 18.8. The van der Waals surface area contributed by atoms with Gasteiger partial charge in [-0.25, -0.2) is 4.98 Å². The normalized spacial score (nSPS) is 16.9. The van der Waals surface area contributed by atoms with Crippen LogP contribution in [0.3, 0.4) is 0 Å². The van der Waals surface area contributed by atoms with Crippen LogP contribution >= 0.6 is 0 Å². The molecule has 1 aromatic heterocycles. The number of aryl methyl sites for hydroxylation is 1. The van der Waals surface area contributed by atoms with Crippen LogP contribution in [-0.2, 0) is 12.8 Å². The molecule has 3 rings (SSSR count). The summed E-state index contributed by atoms with van der Waals surface area (Å²) in [4.78, 5) is 9.28. The molecule has 4 heteroatoms. The summed E-state index contributed by atoms with van der Waals surface area (Å²) < 4.78 is 6.18. The topological polar surface area (TPSA) is 62.2 Å². The van der Waals surface area contributed by atoms with E-state index >= 15 is 0 Å². The summed E-state index contributed by atoms with van der Waals surface area (Å²) in [7, 11) is 0. The number of benzene rings is 1. The standard InChI is InChI=1S/C23H25N3O/c1-4-5-12-25-22(16(2)3)23-26-20-11-7-10-19(14-21(20)27-23)18-9-6-8-17(13-18)15-24/h4-6,8-9,12-13,19H,7,10-11,14H2,1-3H3/b5-4-,25-12?. The van der Waals surface area contributed by atoms with Crippen molar-refractivity contribution in [1.29, 1.82) is 5.26 Å². The molecule has 0 fully saturated rings. The highest BCUT2D eigenvalue weighted by molar-refractivity contribution is 5.79. The number of nitriles is 1. The van der Waals surface area contributed by atoms with Gasteiger partial charge in [-0.15, -0.1) is 0 Å². The molecule has 1 aromatic carbocycles. The Bertz CT molecular complexity index is 937. The largest absolute Gasteiger partial charge is 0.440 e. The molecular formula is C23H25N3O. The van der Waals surface area contributed by atoms with E-state index < -0.39 is 0 Å². The Morgan fingerprint density at radius 2 is 2.22 bits per heavy atom. The van der Waals surface area contributed by atoms with E-state index in [4.69, 9.17) is 9.40 Å². The van der Waals surface area contributed by atoms with E-state index in [-0.39, 0.29) is 0 Å². The van der Waals surface area contributed by atoms with Crippen LogP contribution < -0.4 is 0 Å². The van der Waals surface area contributed by atoms with Gasteiger partial charge in [0.2, 0.25) is 5.89 Å². The molecule has 0 N–H and O–H groups in total. The Hall–Kier alpha value is -2.93. The molecule has 1 unspecified atom stereocenters. The Morgan fingerprint density at radius 1 is 1.37 bits per heavy atom. The van der Waals surface area contributed by atoms with E-state index in [1.807, 2.05) is 51.1 Å². The maximum Gasteiger partial charge on any atom is 0.245 e. The number of rotatable bonds is 4.